The average molecular weight is 392 g/mol. The molecule has 5 nitrogen and oxygen atoms in total. The minimum Gasteiger partial charge on any atom is -0.497 e. The first-order valence-corrected chi connectivity index (χ1v) is 10.6. The lowest BCUT2D eigenvalue weighted by Gasteiger charge is -2.39. The van der Waals surface area contributed by atoms with Crippen LogP contribution in [-0.2, 0) is 17.9 Å². The molecular formula is C24H28N2O3. The van der Waals surface area contributed by atoms with E-state index in [1.165, 1.54) is 36.1 Å². The number of rotatable bonds is 3. The molecule has 0 aromatic heterocycles. The average Bonchev–Trinajstić information content (AvgIpc) is 3.15. The Morgan fingerprint density at radius 2 is 2.00 bits per heavy atom. The van der Waals surface area contributed by atoms with Crippen LogP contribution in [0.4, 0.5) is 10.5 Å². The Morgan fingerprint density at radius 3 is 2.83 bits per heavy atom. The first-order valence-electron chi connectivity index (χ1n) is 10.6. The molecule has 0 saturated heterocycles. The molecule has 0 N–H and O–H groups in total. The lowest BCUT2D eigenvalue weighted by atomic mass is 9.82. The zero-order valence-electron chi connectivity index (χ0n) is 17.0. The molecule has 1 saturated carbocycles. The lowest BCUT2D eigenvalue weighted by molar-refractivity contribution is 0.0953. The highest BCUT2D eigenvalue weighted by molar-refractivity contribution is 5.71. The van der Waals surface area contributed by atoms with Gasteiger partial charge in [0.05, 0.1) is 13.7 Å². The number of carbonyl (C=O) groups is 1. The number of methoxy groups -OCH3 is 1. The van der Waals surface area contributed by atoms with E-state index in [0.717, 1.165) is 30.3 Å². The fraction of sp³-hybridized carbons (Fsp3) is 0.458. The van der Waals surface area contributed by atoms with E-state index in [0.29, 0.717) is 25.6 Å². The summed E-state index contributed by atoms with van der Waals surface area (Å²) in [5.74, 6) is 2.25. The van der Waals surface area contributed by atoms with Gasteiger partial charge in [-0.2, -0.15) is 0 Å². The molecular weight excluding hydrogens is 364 g/mol. The van der Waals surface area contributed by atoms with Crippen molar-refractivity contribution in [3.63, 3.8) is 0 Å². The standard InChI is InChI=1S/C24H28N2O3/c1-28-20-12-19-15-26(24(27)29-16-17-6-3-2-4-7-17)11-10-25-14-18-8-5-9-21(18)22(13-20)23(19)25/h2-4,6-7,12-13,18,21H,5,8-11,14-16H2,1H3. The number of carbonyl (C=O) groups excluding carboxylic acids is 1. The van der Waals surface area contributed by atoms with Gasteiger partial charge < -0.3 is 19.3 Å². The molecule has 2 heterocycles. The number of fused-ring (bicyclic) bond motifs is 2. The van der Waals surface area contributed by atoms with E-state index in [1.54, 1.807) is 7.11 Å². The molecule has 29 heavy (non-hydrogen) atoms. The summed E-state index contributed by atoms with van der Waals surface area (Å²) >= 11 is 0. The van der Waals surface area contributed by atoms with Gasteiger partial charge in [-0.25, -0.2) is 4.79 Å². The predicted octanol–water partition coefficient (Wildman–Crippen LogP) is 4.55. The molecule has 0 radical (unpaired) electrons. The van der Waals surface area contributed by atoms with Crippen LogP contribution in [0.3, 0.4) is 0 Å². The van der Waals surface area contributed by atoms with Gasteiger partial charge in [0.2, 0.25) is 0 Å². The number of anilines is 1. The summed E-state index contributed by atoms with van der Waals surface area (Å²) in [6, 6.07) is 14.2. The third kappa shape index (κ3) is 3.43. The van der Waals surface area contributed by atoms with Crippen molar-refractivity contribution < 1.29 is 14.3 Å². The number of hydrogen-bond acceptors (Lipinski definition) is 4. The van der Waals surface area contributed by atoms with E-state index >= 15 is 0 Å². The van der Waals surface area contributed by atoms with E-state index in [-0.39, 0.29) is 6.09 Å². The van der Waals surface area contributed by atoms with Crippen LogP contribution >= 0.6 is 0 Å². The van der Waals surface area contributed by atoms with Gasteiger partial charge in [0.25, 0.3) is 0 Å². The predicted molar refractivity (Wildman–Crippen MR) is 112 cm³/mol. The van der Waals surface area contributed by atoms with Crippen molar-refractivity contribution in [2.75, 3.05) is 31.6 Å². The summed E-state index contributed by atoms with van der Waals surface area (Å²) in [6.45, 7) is 3.52. The molecule has 2 aromatic carbocycles. The molecule has 2 aromatic rings. The van der Waals surface area contributed by atoms with Crippen LogP contribution in [0.1, 0.15) is 41.9 Å². The molecule has 2 atom stereocenters. The van der Waals surface area contributed by atoms with Crippen LogP contribution in [-0.4, -0.2) is 37.7 Å². The van der Waals surface area contributed by atoms with E-state index in [9.17, 15) is 4.79 Å². The van der Waals surface area contributed by atoms with Crippen LogP contribution in [0.25, 0.3) is 0 Å². The van der Waals surface area contributed by atoms with E-state index in [4.69, 9.17) is 9.47 Å². The van der Waals surface area contributed by atoms with Crippen molar-refractivity contribution in [1.29, 1.82) is 0 Å². The molecule has 1 aliphatic carbocycles. The second kappa shape index (κ2) is 7.62. The molecule has 152 valence electrons. The molecule has 1 amide bonds. The Bertz CT molecular complexity index is 898. The Morgan fingerprint density at radius 1 is 1.14 bits per heavy atom. The van der Waals surface area contributed by atoms with E-state index in [2.05, 4.69) is 17.0 Å². The molecule has 5 rings (SSSR count). The molecule has 5 heteroatoms. The highest BCUT2D eigenvalue weighted by Crippen LogP contribution is 2.50. The number of hydrogen-bond donors (Lipinski definition) is 0. The maximum atomic E-state index is 12.8. The monoisotopic (exact) mass is 392 g/mol. The zero-order valence-corrected chi connectivity index (χ0v) is 17.0. The number of ether oxygens (including phenoxy) is 2. The first-order chi connectivity index (χ1) is 14.2. The normalized spacial score (nSPS) is 22.5. The van der Waals surface area contributed by atoms with Gasteiger partial charge in [0.1, 0.15) is 12.4 Å². The maximum Gasteiger partial charge on any atom is 0.410 e. The van der Waals surface area contributed by atoms with Crippen molar-refractivity contribution >= 4 is 11.8 Å². The molecule has 3 aliphatic rings. The van der Waals surface area contributed by atoms with Crippen LogP contribution < -0.4 is 9.64 Å². The van der Waals surface area contributed by atoms with Gasteiger partial charge in [-0.1, -0.05) is 36.8 Å². The summed E-state index contributed by atoms with van der Waals surface area (Å²) < 4.78 is 11.2. The third-order valence-electron chi connectivity index (χ3n) is 6.72. The van der Waals surface area contributed by atoms with Crippen LogP contribution in [0.5, 0.6) is 5.75 Å². The summed E-state index contributed by atoms with van der Waals surface area (Å²) in [4.78, 5) is 17.2. The van der Waals surface area contributed by atoms with Gasteiger partial charge in [-0.3, -0.25) is 0 Å². The minimum atomic E-state index is -0.245. The number of benzene rings is 2. The molecule has 0 spiro atoms. The van der Waals surface area contributed by atoms with Crippen molar-refractivity contribution in [3.8, 4) is 5.75 Å². The Hall–Kier alpha value is -2.69. The third-order valence-corrected chi connectivity index (χ3v) is 6.72. The highest BCUT2D eigenvalue weighted by atomic mass is 16.6. The number of nitrogens with zero attached hydrogens (tertiary/aromatic N) is 2. The Kier molecular flexibility index (Phi) is 4.82. The number of amides is 1. The van der Waals surface area contributed by atoms with Gasteiger partial charge in [0, 0.05) is 25.3 Å². The van der Waals surface area contributed by atoms with Gasteiger partial charge in [-0.15, -0.1) is 0 Å². The Labute approximate surface area is 172 Å². The highest BCUT2D eigenvalue weighted by Gasteiger charge is 2.39. The summed E-state index contributed by atoms with van der Waals surface area (Å²) in [6.07, 6.45) is 3.63. The minimum absolute atomic E-state index is 0.245. The summed E-state index contributed by atoms with van der Waals surface area (Å²) in [5.41, 5.74) is 4.95. The molecule has 2 aliphatic heterocycles. The van der Waals surface area contributed by atoms with Crippen LogP contribution in [0.2, 0.25) is 0 Å². The Balaban J connectivity index is 1.40. The van der Waals surface area contributed by atoms with Crippen molar-refractivity contribution in [1.82, 2.24) is 4.90 Å². The van der Waals surface area contributed by atoms with Crippen molar-refractivity contribution in [3.05, 3.63) is 59.2 Å². The van der Waals surface area contributed by atoms with Crippen LogP contribution in [0, 0.1) is 5.92 Å². The topological polar surface area (TPSA) is 42.0 Å². The SMILES string of the molecule is COc1cc2c3c(c1)C1CCCC1CN3CCN(C(=O)OCc1ccccc1)C2. The smallest absolute Gasteiger partial charge is 0.410 e. The fourth-order valence-corrected chi connectivity index (χ4v) is 5.33. The second-order valence-corrected chi connectivity index (χ2v) is 8.43. The van der Waals surface area contributed by atoms with Gasteiger partial charge in [-0.05, 0) is 53.5 Å². The fourth-order valence-electron chi connectivity index (χ4n) is 5.33. The lowest BCUT2D eigenvalue weighted by Crippen LogP contribution is -2.40. The van der Waals surface area contributed by atoms with E-state index < -0.39 is 0 Å². The zero-order chi connectivity index (χ0) is 19.8. The van der Waals surface area contributed by atoms with Gasteiger partial charge in [0.15, 0.2) is 0 Å². The molecule has 2 unspecified atom stereocenters. The largest absolute Gasteiger partial charge is 0.497 e. The second-order valence-electron chi connectivity index (χ2n) is 8.43. The van der Waals surface area contributed by atoms with Crippen molar-refractivity contribution in [2.45, 2.75) is 38.3 Å². The first kappa shape index (κ1) is 18.3. The molecule has 1 fully saturated rings. The van der Waals surface area contributed by atoms with Crippen molar-refractivity contribution in [2.24, 2.45) is 5.92 Å². The van der Waals surface area contributed by atoms with E-state index in [1.807, 2.05) is 35.2 Å². The van der Waals surface area contributed by atoms with Crippen LogP contribution in [0.15, 0.2) is 42.5 Å². The van der Waals surface area contributed by atoms with Gasteiger partial charge >= 0.3 is 6.09 Å². The maximum absolute atomic E-state index is 12.8. The quantitative estimate of drug-likeness (QED) is 0.768. The summed E-state index contributed by atoms with van der Waals surface area (Å²) in [5, 5.41) is 0. The summed E-state index contributed by atoms with van der Waals surface area (Å²) in [7, 11) is 1.73. The molecule has 0 bridgehead atoms.